The lowest BCUT2D eigenvalue weighted by Crippen LogP contribution is -2.33. The Hall–Kier alpha value is -1.65. The van der Waals surface area contributed by atoms with Crippen LogP contribution in [0.4, 0.5) is 0 Å². The highest BCUT2D eigenvalue weighted by Crippen LogP contribution is 2.19. The molecular formula is C15H22N2O2. The Kier molecular flexibility index (Phi) is 6.85. The number of hydrogen-bond acceptors (Lipinski definition) is 4. The molecule has 0 aliphatic carbocycles. The van der Waals surface area contributed by atoms with Crippen molar-refractivity contribution >= 4 is 5.97 Å². The van der Waals surface area contributed by atoms with E-state index in [-0.39, 0.29) is 0 Å². The molecule has 0 bridgehead atoms. The van der Waals surface area contributed by atoms with Gasteiger partial charge in [0, 0.05) is 0 Å². The van der Waals surface area contributed by atoms with Gasteiger partial charge in [-0.15, -0.1) is 0 Å². The Morgan fingerprint density at radius 3 is 2.58 bits per heavy atom. The molecule has 0 saturated carbocycles. The lowest BCUT2D eigenvalue weighted by atomic mass is 10.1. The first kappa shape index (κ1) is 15.4. The van der Waals surface area contributed by atoms with Crippen molar-refractivity contribution in [2.24, 2.45) is 11.5 Å². The van der Waals surface area contributed by atoms with Crippen molar-refractivity contribution in [3.05, 3.63) is 48.6 Å². The monoisotopic (exact) mass is 262 g/mol. The summed E-state index contributed by atoms with van der Waals surface area (Å²) < 4.78 is 5.36. The molecule has 2 atom stereocenters. The van der Waals surface area contributed by atoms with Crippen LogP contribution in [0.3, 0.4) is 0 Å². The van der Waals surface area contributed by atoms with E-state index < -0.39 is 18.1 Å². The molecule has 4 heteroatoms. The number of esters is 1. The fourth-order valence-corrected chi connectivity index (χ4v) is 1.73. The van der Waals surface area contributed by atoms with Crippen molar-refractivity contribution in [1.82, 2.24) is 0 Å². The van der Waals surface area contributed by atoms with Crippen molar-refractivity contribution < 1.29 is 9.53 Å². The van der Waals surface area contributed by atoms with Gasteiger partial charge in [0.05, 0.1) is 0 Å². The van der Waals surface area contributed by atoms with Crippen LogP contribution in [0.2, 0.25) is 0 Å². The summed E-state index contributed by atoms with van der Waals surface area (Å²) in [6, 6.07) is 8.86. The number of unbranched alkanes of at least 4 members (excludes halogenated alkanes) is 1. The molecule has 0 amide bonds. The van der Waals surface area contributed by atoms with Crippen LogP contribution in [0.25, 0.3) is 0 Å². The maximum Gasteiger partial charge on any atom is 0.323 e. The topological polar surface area (TPSA) is 78.3 Å². The quantitative estimate of drug-likeness (QED) is 0.426. The van der Waals surface area contributed by atoms with E-state index in [0.717, 1.165) is 18.4 Å². The smallest absolute Gasteiger partial charge is 0.323 e. The molecular weight excluding hydrogens is 240 g/mol. The lowest BCUT2D eigenvalue weighted by molar-refractivity contribution is -0.149. The molecule has 0 fully saturated rings. The minimum absolute atomic E-state index is 0.397. The van der Waals surface area contributed by atoms with Crippen molar-refractivity contribution in [1.29, 1.82) is 0 Å². The number of carbonyl (C=O) groups excluding carboxylic acids is 1. The molecule has 4 N–H and O–H groups in total. The molecule has 1 aromatic rings. The van der Waals surface area contributed by atoms with Crippen LogP contribution in [0, 0.1) is 0 Å². The van der Waals surface area contributed by atoms with E-state index in [1.54, 1.807) is 6.08 Å². The summed E-state index contributed by atoms with van der Waals surface area (Å²) in [6.45, 7) is 4.30. The minimum atomic E-state index is -0.599. The van der Waals surface area contributed by atoms with Crippen LogP contribution in [0.15, 0.2) is 43.0 Å². The van der Waals surface area contributed by atoms with E-state index in [2.05, 4.69) is 6.58 Å². The van der Waals surface area contributed by atoms with Gasteiger partial charge in [-0.25, -0.2) is 0 Å². The van der Waals surface area contributed by atoms with Crippen molar-refractivity contribution in [2.75, 3.05) is 6.54 Å². The van der Waals surface area contributed by atoms with E-state index in [9.17, 15) is 4.79 Å². The minimum Gasteiger partial charge on any atom is -0.452 e. The van der Waals surface area contributed by atoms with Crippen LogP contribution < -0.4 is 11.5 Å². The van der Waals surface area contributed by atoms with Gasteiger partial charge in [0.15, 0.2) is 0 Å². The summed E-state index contributed by atoms with van der Waals surface area (Å²) in [5.74, 6) is -0.397. The van der Waals surface area contributed by atoms with Gasteiger partial charge in [0.25, 0.3) is 0 Å². The van der Waals surface area contributed by atoms with E-state index in [1.807, 2.05) is 30.3 Å². The van der Waals surface area contributed by atoms with E-state index >= 15 is 0 Å². The van der Waals surface area contributed by atoms with Gasteiger partial charge in [-0.3, -0.25) is 4.79 Å². The van der Waals surface area contributed by atoms with E-state index in [4.69, 9.17) is 16.2 Å². The largest absolute Gasteiger partial charge is 0.452 e. The molecule has 4 nitrogen and oxygen atoms in total. The third-order valence-corrected chi connectivity index (χ3v) is 2.86. The van der Waals surface area contributed by atoms with Gasteiger partial charge in [-0.2, -0.15) is 0 Å². The second kappa shape index (κ2) is 8.45. The summed E-state index contributed by atoms with van der Waals surface area (Å²) >= 11 is 0. The first-order valence-corrected chi connectivity index (χ1v) is 6.52. The SMILES string of the molecule is C=CC(OC(=O)[C@@H](N)CCCCN)c1ccccc1. The molecule has 0 aliphatic heterocycles. The summed E-state index contributed by atoms with van der Waals surface area (Å²) in [5.41, 5.74) is 12.1. The zero-order chi connectivity index (χ0) is 14.1. The predicted octanol–water partition coefficient (Wildman–Crippen LogP) is 1.91. The second-order valence-corrected chi connectivity index (χ2v) is 4.39. The fraction of sp³-hybridized carbons (Fsp3) is 0.400. The molecule has 0 saturated heterocycles. The standard InChI is InChI=1S/C15H22N2O2/c1-2-14(12-8-4-3-5-9-12)19-15(18)13(17)10-6-7-11-16/h2-5,8-9,13-14H,1,6-7,10-11,16-17H2/t13-,14?/m0/s1. The number of benzene rings is 1. The average molecular weight is 262 g/mol. The number of rotatable bonds is 8. The van der Waals surface area contributed by atoms with Gasteiger partial charge >= 0.3 is 5.97 Å². The zero-order valence-corrected chi connectivity index (χ0v) is 11.1. The van der Waals surface area contributed by atoms with Gasteiger partial charge < -0.3 is 16.2 Å². The molecule has 0 aromatic heterocycles. The Bertz CT molecular complexity index is 392. The molecule has 1 aromatic carbocycles. The first-order chi connectivity index (χ1) is 9.19. The zero-order valence-electron chi connectivity index (χ0n) is 11.1. The van der Waals surface area contributed by atoms with Crippen LogP contribution in [0.5, 0.6) is 0 Å². The number of nitrogens with two attached hydrogens (primary N) is 2. The van der Waals surface area contributed by atoms with Gasteiger partial charge in [-0.1, -0.05) is 43.3 Å². The third kappa shape index (κ3) is 5.24. The van der Waals surface area contributed by atoms with Crippen molar-refractivity contribution in [2.45, 2.75) is 31.4 Å². The molecule has 0 aliphatic rings. The average Bonchev–Trinajstić information content (AvgIpc) is 2.45. The first-order valence-electron chi connectivity index (χ1n) is 6.52. The fourth-order valence-electron chi connectivity index (χ4n) is 1.73. The summed E-state index contributed by atoms with van der Waals surface area (Å²) in [4.78, 5) is 11.9. The van der Waals surface area contributed by atoms with Crippen LogP contribution in [-0.2, 0) is 9.53 Å². The van der Waals surface area contributed by atoms with Gasteiger partial charge in [0.2, 0.25) is 0 Å². The maximum atomic E-state index is 11.9. The maximum absolute atomic E-state index is 11.9. The summed E-state index contributed by atoms with van der Waals surface area (Å²) in [5, 5.41) is 0. The van der Waals surface area contributed by atoms with E-state index in [0.29, 0.717) is 13.0 Å². The predicted molar refractivity (Wildman–Crippen MR) is 76.4 cm³/mol. The Morgan fingerprint density at radius 2 is 2.00 bits per heavy atom. The van der Waals surface area contributed by atoms with Crippen molar-refractivity contribution in [3.8, 4) is 0 Å². The van der Waals surface area contributed by atoms with Crippen LogP contribution in [-0.4, -0.2) is 18.6 Å². The molecule has 1 unspecified atom stereocenters. The lowest BCUT2D eigenvalue weighted by Gasteiger charge is -2.17. The van der Waals surface area contributed by atoms with Gasteiger partial charge in [-0.05, 0) is 31.0 Å². The molecule has 0 heterocycles. The molecule has 0 radical (unpaired) electrons. The molecule has 104 valence electrons. The molecule has 0 spiro atoms. The molecule has 19 heavy (non-hydrogen) atoms. The number of ether oxygens (including phenoxy) is 1. The Balaban J connectivity index is 2.51. The molecule has 1 rings (SSSR count). The highest BCUT2D eigenvalue weighted by Gasteiger charge is 2.19. The summed E-state index contributed by atoms with van der Waals surface area (Å²) in [6.07, 6.45) is 3.44. The van der Waals surface area contributed by atoms with Crippen molar-refractivity contribution in [3.63, 3.8) is 0 Å². The second-order valence-electron chi connectivity index (χ2n) is 4.39. The highest BCUT2D eigenvalue weighted by molar-refractivity contribution is 5.75. The highest BCUT2D eigenvalue weighted by atomic mass is 16.5. The Morgan fingerprint density at radius 1 is 1.32 bits per heavy atom. The van der Waals surface area contributed by atoms with Crippen LogP contribution >= 0.6 is 0 Å². The Labute approximate surface area is 114 Å². The number of hydrogen-bond donors (Lipinski definition) is 2. The number of carbonyl (C=O) groups is 1. The summed E-state index contributed by atoms with van der Waals surface area (Å²) in [7, 11) is 0. The normalized spacial score (nSPS) is 13.6. The van der Waals surface area contributed by atoms with Gasteiger partial charge in [0.1, 0.15) is 12.1 Å². The van der Waals surface area contributed by atoms with Crippen LogP contribution in [0.1, 0.15) is 30.9 Å². The third-order valence-electron chi connectivity index (χ3n) is 2.86. The van der Waals surface area contributed by atoms with E-state index in [1.165, 1.54) is 0 Å².